The molecule has 30 heavy (non-hydrogen) atoms. The monoisotopic (exact) mass is 427 g/mol. The predicted molar refractivity (Wildman–Crippen MR) is 120 cm³/mol. The molecule has 2 aliphatic heterocycles. The molecule has 0 bridgehead atoms. The minimum atomic E-state index is -0.195. The molecule has 1 fully saturated rings. The van der Waals surface area contributed by atoms with Crippen LogP contribution in [0.3, 0.4) is 0 Å². The maximum absolute atomic E-state index is 12.5. The quantitative estimate of drug-likeness (QED) is 0.703. The summed E-state index contributed by atoms with van der Waals surface area (Å²) >= 11 is 1.64. The van der Waals surface area contributed by atoms with Crippen LogP contribution in [0.4, 0.5) is 5.82 Å². The molecule has 4 rings (SSSR count). The van der Waals surface area contributed by atoms with Crippen molar-refractivity contribution in [3.8, 4) is 5.75 Å². The number of ether oxygens (including phenoxy) is 2. The van der Waals surface area contributed by atoms with Gasteiger partial charge in [-0.3, -0.25) is 4.79 Å². The molecule has 0 saturated carbocycles. The van der Waals surface area contributed by atoms with Crippen LogP contribution in [0, 0.1) is 6.92 Å². The number of nitrogens with one attached hydrogen (secondary N) is 1. The molecule has 160 valence electrons. The fourth-order valence-electron chi connectivity index (χ4n) is 4.24. The average Bonchev–Trinajstić information content (AvgIpc) is 2.91. The van der Waals surface area contributed by atoms with Crippen LogP contribution in [0.1, 0.15) is 54.8 Å². The molecule has 3 heterocycles. The molecule has 1 amide bonds. The van der Waals surface area contributed by atoms with E-state index in [0.29, 0.717) is 19.0 Å². The van der Waals surface area contributed by atoms with Gasteiger partial charge in [-0.1, -0.05) is 24.8 Å². The Balaban J connectivity index is 1.70. The molecule has 7 heteroatoms. The van der Waals surface area contributed by atoms with Gasteiger partial charge in [0.05, 0.1) is 28.3 Å². The van der Waals surface area contributed by atoms with Gasteiger partial charge in [0.2, 0.25) is 5.91 Å². The molecule has 2 aliphatic rings. The van der Waals surface area contributed by atoms with E-state index in [2.05, 4.69) is 37.9 Å². The van der Waals surface area contributed by atoms with E-state index < -0.39 is 0 Å². The van der Waals surface area contributed by atoms with E-state index in [1.807, 2.05) is 23.7 Å². The maximum Gasteiger partial charge on any atom is 0.235 e. The number of hydrogen-bond donors (Lipinski definition) is 1. The maximum atomic E-state index is 12.5. The second-order valence-corrected chi connectivity index (χ2v) is 9.55. The summed E-state index contributed by atoms with van der Waals surface area (Å²) in [6.45, 7) is 11.1. The van der Waals surface area contributed by atoms with Crippen molar-refractivity contribution >= 4 is 23.5 Å². The zero-order valence-corrected chi connectivity index (χ0v) is 18.6. The Bertz CT molecular complexity index is 936. The van der Waals surface area contributed by atoms with E-state index in [1.54, 1.807) is 17.8 Å². The fourth-order valence-corrected chi connectivity index (χ4v) is 5.43. The molecule has 2 atom stereocenters. The van der Waals surface area contributed by atoms with Gasteiger partial charge in [0.15, 0.2) is 0 Å². The molecule has 0 unspecified atom stereocenters. The normalized spacial score (nSPS) is 23.2. The van der Waals surface area contributed by atoms with Gasteiger partial charge in [0.1, 0.15) is 18.2 Å². The summed E-state index contributed by atoms with van der Waals surface area (Å²) in [6, 6.07) is 8.29. The highest BCUT2D eigenvalue weighted by Crippen LogP contribution is 2.45. The highest BCUT2D eigenvalue weighted by atomic mass is 32.2. The number of nitrogens with zero attached hydrogens (tertiary/aromatic N) is 2. The first kappa shape index (κ1) is 21.0. The van der Waals surface area contributed by atoms with Crippen LogP contribution < -0.4 is 10.1 Å². The fraction of sp³-hybridized carbons (Fsp3) is 0.478. The molecule has 1 aromatic carbocycles. The molecule has 1 N–H and O–H groups in total. The summed E-state index contributed by atoms with van der Waals surface area (Å²) < 4.78 is 13.5. The minimum absolute atomic E-state index is 0.0159. The Morgan fingerprint density at radius 2 is 2.17 bits per heavy atom. The molecule has 0 radical (unpaired) electrons. The molecule has 1 saturated heterocycles. The molecule has 1 aromatic heterocycles. The number of amides is 1. The van der Waals surface area contributed by atoms with E-state index in [4.69, 9.17) is 14.6 Å². The second-order valence-electron chi connectivity index (χ2n) is 8.45. The Kier molecular flexibility index (Phi) is 5.93. The zero-order valence-electron chi connectivity index (χ0n) is 17.8. The SMILES string of the molecule is C=CCOc1ccc([C@@H]2SCC(=O)Nc3c2c(C)nn3[C@H]2CCOC(C)(C)C2)cc1. The lowest BCUT2D eigenvalue weighted by atomic mass is 9.94. The summed E-state index contributed by atoms with van der Waals surface area (Å²) in [7, 11) is 0. The van der Waals surface area contributed by atoms with E-state index in [0.717, 1.165) is 41.2 Å². The molecule has 6 nitrogen and oxygen atoms in total. The minimum Gasteiger partial charge on any atom is -0.490 e. The Hall–Kier alpha value is -2.25. The van der Waals surface area contributed by atoms with Crippen LogP contribution in [0.25, 0.3) is 0 Å². The van der Waals surface area contributed by atoms with E-state index >= 15 is 0 Å². The van der Waals surface area contributed by atoms with Crippen LogP contribution >= 0.6 is 11.8 Å². The number of anilines is 1. The average molecular weight is 428 g/mol. The van der Waals surface area contributed by atoms with Crippen LogP contribution in [0.5, 0.6) is 5.75 Å². The summed E-state index contributed by atoms with van der Waals surface area (Å²) in [5.74, 6) is 2.07. The van der Waals surface area contributed by atoms with Crippen LogP contribution in [-0.2, 0) is 9.53 Å². The molecular formula is C23H29N3O3S. The first-order chi connectivity index (χ1) is 14.4. The summed E-state index contributed by atoms with van der Waals surface area (Å²) in [5, 5.41) is 8.06. The lowest BCUT2D eigenvalue weighted by Gasteiger charge is -2.36. The Morgan fingerprint density at radius 1 is 1.40 bits per heavy atom. The lowest BCUT2D eigenvalue weighted by molar-refractivity contribution is -0.113. The highest BCUT2D eigenvalue weighted by Gasteiger charge is 2.36. The summed E-state index contributed by atoms with van der Waals surface area (Å²) in [6.07, 6.45) is 3.48. The number of fused-ring (bicyclic) bond motifs is 1. The third kappa shape index (κ3) is 4.27. The zero-order chi connectivity index (χ0) is 21.3. The van der Waals surface area contributed by atoms with Gasteiger partial charge in [-0.2, -0.15) is 5.10 Å². The highest BCUT2D eigenvalue weighted by molar-refractivity contribution is 8.00. The van der Waals surface area contributed by atoms with Gasteiger partial charge < -0.3 is 14.8 Å². The number of carbonyl (C=O) groups excluding carboxylic acids is 1. The topological polar surface area (TPSA) is 65.4 Å². The van der Waals surface area contributed by atoms with Crippen molar-refractivity contribution in [2.45, 2.75) is 50.5 Å². The Labute approximate surface area is 182 Å². The van der Waals surface area contributed by atoms with Crippen molar-refractivity contribution in [3.63, 3.8) is 0 Å². The van der Waals surface area contributed by atoms with Gasteiger partial charge in [0, 0.05) is 12.2 Å². The van der Waals surface area contributed by atoms with Crippen molar-refractivity contribution in [2.24, 2.45) is 0 Å². The molecular weight excluding hydrogens is 398 g/mol. The van der Waals surface area contributed by atoms with Gasteiger partial charge >= 0.3 is 0 Å². The standard InChI is InChI=1S/C23H29N3O3S/c1-5-11-28-18-8-6-16(7-9-18)21-20-15(2)25-26(22(20)24-19(27)14-30-21)17-10-12-29-23(3,4)13-17/h5-9,17,21H,1,10-14H2,2-4H3,(H,24,27)/t17-,21-/m0/s1. The molecule has 2 aromatic rings. The van der Waals surface area contributed by atoms with Gasteiger partial charge in [0.25, 0.3) is 0 Å². The second kappa shape index (κ2) is 8.47. The van der Waals surface area contributed by atoms with Crippen molar-refractivity contribution in [3.05, 3.63) is 53.7 Å². The predicted octanol–water partition coefficient (Wildman–Crippen LogP) is 4.66. The summed E-state index contributed by atoms with van der Waals surface area (Å²) in [4.78, 5) is 12.5. The van der Waals surface area contributed by atoms with Crippen LogP contribution in [0.2, 0.25) is 0 Å². The van der Waals surface area contributed by atoms with E-state index in [9.17, 15) is 4.79 Å². The van der Waals surface area contributed by atoms with Crippen molar-refractivity contribution in [1.82, 2.24) is 9.78 Å². The van der Waals surface area contributed by atoms with Gasteiger partial charge in [-0.15, -0.1) is 11.8 Å². The summed E-state index contributed by atoms with van der Waals surface area (Å²) in [5.41, 5.74) is 2.99. The van der Waals surface area contributed by atoms with Crippen molar-refractivity contribution < 1.29 is 14.3 Å². The molecule has 0 spiro atoms. The number of rotatable bonds is 5. The van der Waals surface area contributed by atoms with Crippen LogP contribution in [0.15, 0.2) is 36.9 Å². The third-order valence-corrected chi connectivity index (χ3v) is 6.87. The third-order valence-electron chi connectivity index (χ3n) is 5.60. The van der Waals surface area contributed by atoms with E-state index in [1.165, 1.54) is 0 Å². The molecule has 0 aliphatic carbocycles. The van der Waals surface area contributed by atoms with E-state index in [-0.39, 0.29) is 22.8 Å². The largest absolute Gasteiger partial charge is 0.490 e. The number of thioether (sulfide) groups is 1. The van der Waals surface area contributed by atoms with Crippen molar-refractivity contribution in [2.75, 3.05) is 24.3 Å². The lowest BCUT2D eigenvalue weighted by Crippen LogP contribution is -2.36. The first-order valence-corrected chi connectivity index (χ1v) is 11.4. The van der Waals surface area contributed by atoms with Crippen LogP contribution in [-0.4, -0.2) is 40.3 Å². The number of benzene rings is 1. The number of hydrogen-bond acceptors (Lipinski definition) is 5. The number of aryl methyl sites for hydroxylation is 1. The smallest absolute Gasteiger partial charge is 0.235 e. The van der Waals surface area contributed by atoms with Crippen molar-refractivity contribution in [1.29, 1.82) is 0 Å². The first-order valence-electron chi connectivity index (χ1n) is 10.4. The van der Waals surface area contributed by atoms with Gasteiger partial charge in [-0.25, -0.2) is 4.68 Å². The van der Waals surface area contributed by atoms with Gasteiger partial charge in [-0.05, 0) is 51.3 Å². The number of aromatic nitrogens is 2. The number of carbonyl (C=O) groups is 1. The Morgan fingerprint density at radius 3 is 2.87 bits per heavy atom.